The Hall–Kier alpha value is -1.26. The van der Waals surface area contributed by atoms with Gasteiger partial charge in [-0.25, -0.2) is 0 Å². The predicted molar refractivity (Wildman–Crippen MR) is 69.1 cm³/mol. The highest BCUT2D eigenvalue weighted by Gasteiger charge is 2.40. The highest BCUT2D eigenvalue weighted by molar-refractivity contribution is 5.83. The average molecular weight is 253 g/mol. The largest absolute Gasteiger partial charge is 0.409 e. The number of nitrogens with one attached hydrogen (secondary N) is 1. The fraction of sp³-hybridized carbons (Fsp3) is 0.846. The van der Waals surface area contributed by atoms with Gasteiger partial charge in [-0.05, 0) is 37.0 Å². The van der Waals surface area contributed by atoms with Crippen molar-refractivity contribution in [3.63, 3.8) is 0 Å². The van der Waals surface area contributed by atoms with Gasteiger partial charge in [0.05, 0.1) is 0 Å². The Bertz CT molecular complexity index is 343. The van der Waals surface area contributed by atoms with Crippen LogP contribution in [0.25, 0.3) is 0 Å². The van der Waals surface area contributed by atoms with Gasteiger partial charge in [-0.3, -0.25) is 4.79 Å². The minimum Gasteiger partial charge on any atom is -0.409 e. The van der Waals surface area contributed by atoms with E-state index >= 15 is 0 Å². The number of carbonyl (C=O) groups is 1. The van der Waals surface area contributed by atoms with Crippen molar-refractivity contribution in [1.29, 1.82) is 0 Å². The van der Waals surface area contributed by atoms with E-state index in [1.54, 1.807) is 0 Å². The maximum absolute atomic E-state index is 11.8. The molecular weight excluding hydrogens is 230 g/mol. The quantitative estimate of drug-likeness (QED) is 0.299. The van der Waals surface area contributed by atoms with Crippen LogP contribution in [0.1, 0.15) is 39.0 Å². The summed E-state index contributed by atoms with van der Waals surface area (Å²) >= 11 is 0. The summed E-state index contributed by atoms with van der Waals surface area (Å²) in [6.07, 6.45) is 5.88. The topological polar surface area (TPSA) is 87.7 Å². The van der Waals surface area contributed by atoms with Crippen molar-refractivity contribution in [3.8, 4) is 0 Å². The Kier molecular flexibility index (Phi) is 4.09. The number of rotatable bonds is 5. The van der Waals surface area contributed by atoms with Gasteiger partial charge in [0, 0.05) is 18.9 Å². The van der Waals surface area contributed by atoms with Crippen molar-refractivity contribution >= 4 is 11.7 Å². The van der Waals surface area contributed by atoms with E-state index in [0.717, 1.165) is 11.8 Å². The molecule has 5 heteroatoms. The molecule has 2 aliphatic rings. The fourth-order valence-electron chi connectivity index (χ4n) is 3.41. The highest BCUT2D eigenvalue weighted by Crippen LogP contribution is 2.49. The zero-order valence-corrected chi connectivity index (χ0v) is 10.9. The average Bonchev–Trinajstić information content (AvgIpc) is 2.97. The van der Waals surface area contributed by atoms with Crippen LogP contribution >= 0.6 is 0 Å². The molecule has 4 N–H and O–H groups in total. The third-order valence-electron chi connectivity index (χ3n) is 4.56. The number of nitrogens with zero attached hydrogens (tertiary/aromatic N) is 1. The molecule has 2 saturated carbocycles. The number of carbonyl (C=O) groups excluding carboxylic acids is 1. The molecule has 1 amide bonds. The second kappa shape index (κ2) is 5.59. The second-order valence-electron chi connectivity index (χ2n) is 5.87. The lowest BCUT2D eigenvalue weighted by atomic mass is 9.86. The molecular formula is C13H23N3O2. The van der Waals surface area contributed by atoms with Gasteiger partial charge in [0.15, 0.2) is 0 Å². The van der Waals surface area contributed by atoms with Crippen molar-refractivity contribution in [2.75, 3.05) is 6.54 Å². The van der Waals surface area contributed by atoms with E-state index in [2.05, 4.69) is 10.5 Å². The lowest BCUT2D eigenvalue weighted by molar-refractivity contribution is -0.122. The van der Waals surface area contributed by atoms with E-state index in [1.807, 2.05) is 6.92 Å². The van der Waals surface area contributed by atoms with Crippen LogP contribution in [0.5, 0.6) is 0 Å². The summed E-state index contributed by atoms with van der Waals surface area (Å²) in [5, 5.41) is 14.3. The van der Waals surface area contributed by atoms with E-state index in [0.29, 0.717) is 18.9 Å². The smallest absolute Gasteiger partial charge is 0.220 e. The molecule has 5 nitrogen and oxygen atoms in total. The van der Waals surface area contributed by atoms with Crippen molar-refractivity contribution in [3.05, 3.63) is 0 Å². The lowest BCUT2D eigenvalue weighted by Crippen LogP contribution is -2.35. The zero-order valence-electron chi connectivity index (χ0n) is 10.9. The zero-order chi connectivity index (χ0) is 13.1. The van der Waals surface area contributed by atoms with E-state index in [9.17, 15) is 4.79 Å². The molecule has 102 valence electrons. The predicted octanol–water partition coefficient (Wildman–Crippen LogP) is 1.31. The molecule has 2 aliphatic carbocycles. The van der Waals surface area contributed by atoms with Gasteiger partial charge in [-0.2, -0.15) is 0 Å². The van der Waals surface area contributed by atoms with Crippen LogP contribution in [-0.2, 0) is 4.79 Å². The molecule has 0 saturated heterocycles. The second-order valence-corrected chi connectivity index (χ2v) is 5.87. The molecule has 0 spiro atoms. The van der Waals surface area contributed by atoms with Crippen molar-refractivity contribution in [2.24, 2.45) is 34.6 Å². The number of oxime groups is 1. The maximum Gasteiger partial charge on any atom is 0.220 e. The van der Waals surface area contributed by atoms with Gasteiger partial charge in [-0.15, -0.1) is 0 Å². The van der Waals surface area contributed by atoms with E-state index in [1.165, 1.54) is 25.7 Å². The maximum atomic E-state index is 11.8. The minimum absolute atomic E-state index is 0.102. The van der Waals surface area contributed by atoms with E-state index in [-0.39, 0.29) is 17.7 Å². The Balaban J connectivity index is 1.70. The molecule has 0 aromatic heterocycles. The Labute approximate surface area is 108 Å². The third kappa shape index (κ3) is 2.94. The van der Waals surface area contributed by atoms with E-state index in [4.69, 9.17) is 10.9 Å². The molecule has 4 atom stereocenters. The van der Waals surface area contributed by atoms with Crippen LogP contribution in [0.3, 0.4) is 0 Å². The Morgan fingerprint density at radius 2 is 2.28 bits per heavy atom. The number of amidine groups is 1. The van der Waals surface area contributed by atoms with Gasteiger partial charge in [0.2, 0.25) is 5.91 Å². The van der Waals surface area contributed by atoms with Crippen molar-refractivity contribution in [2.45, 2.75) is 39.0 Å². The molecule has 0 heterocycles. The van der Waals surface area contributed by atoms with Crippen molar-refractivity contribution in [1.82, 2.24) is 5.32 Å². The first kappa shape index (κ1) is 13.2. The normalized spacial score (nSPS) is 32.5. The number of nitrogens with two attached hydrogens (primary N) is 1. The van der Waals surface area contributed by atoms with Crippen LogP contribution in [0.15, 0.2) is 5.16 Å². The minimum atomic E-state index is -0.126. The third-order valence-corrected chi connectivity index (χ3v) is 4.56. The first-order chi connectivity index (χ1) is 8.60. The number of fused-ring (bicyclic) bond motifs is 2. The summed E-state index contributed by atoms with van der Waals surface area (Å²) in [5.41, 5.74) is 5.46. The van der Waals surface area contributed by atoms with Gasteiger partial charge in [0.1, 0.15) is 5.84 Å². The summed E-state index contributed by atoms with van der Waals surface area (Å²) in [5.74, 6) is 2.38. The molecule has 0 radical (unpaired) electrons. The summed E-state index contributed by atoms with van der Waals surface area (Å²) < 4.78 is 0. The van der Waals surface area contributed by atoms with Crippen LogP contribution in [-0.4, -0.2) is 23.5 Å². The Morgan fingerprint density at radius 3 is 2.83 bits per heavy atom. The number of hydrogen-bond donors (Lipinski definition) is 3. The molecule has 2 bridgehead atoms. The van der Waals surface area contributed by atoms with E-state index < -0.39 is 0 Å². The summed E-state index contributed by atoms with van der Waals surface area (Å²) in [7, 11) is 0. The van der Waals surface area contributed by atoms with Gasteiger partial charge >= 0.3 is 0 Å². The van der Waals surface area contributed by atoms with Crippen molar-refractivity contribution < 1.29 is 10.0 Å². The fourth-order valence-corrected chi connectivity index (χ4v) is 3.41. The standard InChI is InChI=1S/C13H23N3O2/c1-8(13(14)16-18)7-15-12(17)6-11-5-9-2-3-10(11)4-9/h8-11,18H,2-7H2,1H3,(H2,14,16)(H,15,17). The SMILES string of the molecule is CC(CNC(=O)CC1CC2CCC1C2)C(N)=NO. The van der Waals surface area contributed by atoms with Gasteiger partial charge in [-0.1, -0.05) is 18.5 Å². The number of hydrogen-bond acceptors (Lipinski definition) is 3. The monoisotopic (exact) mass is 253 g/mol. The first-order valence-corrected chi connectivity index (χ1v) is 6.84. The highest BCUT2D eigenvalue weighted by atomic mass is 16.4. The molecule has 18 heavy (non-hydrogen) atoms. The molecule has 0 aromatic rings. The molecule has 4 unspecified atom stereocenters. The lowest BCUT2D eigenvalue weighted by Gasteiger charge is -2.21. The number of amides is 1. The van der Waals surface area contributed by atoms with Crippen LogP contribution in [0.2, 0.25) is 0 Å². The Morgan fingerprint density at radius 1 is 1.50 bits per heavy atom. The van der Waals surface area contributed by atoms with Gasteiger partial charge in [0.25, 0.3) is 0 Å². The molecule has 0 aliphatic heterocycles. The van der Waals surface area contributed by atoms with Crippen LogP contribution < -0.4 is 11.1 Å². The molecule has 2 fully saturated rings. The molecule has 0 aromatic carbocycles. The summed E-state index contributed by atoms with van der Waals surface area (Å²) in [6.45, 7) is 2.27. The van der Waals surface area contributed by atoms with Crippen LogP contribution in [0.4, 0.5) is 0 Å². The molecule has 2 rings (SSSR count). The van der Waals surface area contributed by atoms with Gasteiger partial charge < -0.3 is 16.3 Å². The summed E-state index contributed by atoms with van der Waals surface area (Å²) in [4.78, 5) is 11.8. The first-order valence-electron chi connectivity index (χ1n) is 6.84. The summed E-state index contributed by atoms with van der Waals surface area (Å²) in [6, 6.07) is 0. The van der Waals surface area contributed by atoms with Crippen LogP contribution in [0, 0.1) is 23.7 Å².